The Labute approximate surface area is 89.6 Å². The van der Waals surface area contributed by atoms with Gasteiger partial charge in [-0.3, -0.25) is 4.98 Å². The van der Waals surface area contributed by atoms with Gasteiger partial charge in [-0.05, 0) is 18.6 Å². The predicted octanol–water partition coefficient (Wildman–Crippen LogP) is 1.01. The van der Waals surface area contributed by atoms with Crippen LogP contribution in [-0.4, -0.2) is 33.1 Å². The predicted molar refractivity (Wildman–Crippen MR) is 55.3 cm³/mol. The molecule has 15 heavy (non-hydrogen) atoms. The molecule has 2 saturated heterocycles. The molecule has 0 N–H and O–H groups in total. The molecule has 4 nitrogen and oxygen atoms in total. The van der Waals surface area contributed by atoms with Gasteiger partial charge in [0.15, 0.2) is 0 Å². The lowest BCUT2D eigenvalue weighted by molar-refractivity contribution is 0.147. The number of hydrogen-bond donors (Lipinski definition) is 0. The first-order valence-corrected chi connectivity index (χ1v) is 7.15. The van der Waals surface area contributed by atoms with E-state index < -0.39 is 8.80 Å². The SMILES string of the molecule is c1ccc(CC[Si]23OCC(CO2)O3)nc1. The van der Waals surface area contributed by atoms with E-state index in [-0.39, 0.29) is 6.10 Å². The van der Waals surface area contributed by atoms with Gasteiger partial charge in [-0.2, -0.15) is 0 Å². The van der Waals surface area contributed by atoms with Crippen LogP contribution in [0.3, 0.4) is 0 Å². The topological polar surface area (TPSA) is 40.6 Å². The monoisotopic (exact) mass is 223 g/mol. The average molecular weight is 223 g/mol. The Kier molecular flexibility index (Phi) is 2.32. The van der Waals surface area contributed by atoms with Crippen molar-refractivity contribution in [3.05, 3.63) is 30.1 Å². The fraction of sp³-hybridized carbons (Fsp3) is 0.500. The van der Waals surface area contributed by atoms with E-state index in [0.717, 1.165) is 18.2 Å². The van der Waals surface area contributed by atoms with Crippen molar-refractivity contribution < 1.29 is 13.3 Å². The second-order valence-corrected chi connectivity index (χ2v) is 6.55. The Morgan fingerprint density at radius 2 is 2.20 bits per heavy atom. The third kappa shape index (κ3) is 1.83. The van der Waals surface area contributed by atoms with Crippen LogP contribution in [0, 0.1) is 0 Å². The smallest absolute Gasteiger partial charge is 0.371 e. The summed E-state index contributed by atoms with van der Waals surface area (Å²) in [6.45, 7) is 1.43. The van der Waals surface area contributed by atoms with Crippen molar-refractivity contribution in [2.45, 2.75) is 18.6 Å². The van der Waals surface area contributed by atoms with Gasteiger partial charge in [-0.1, -0.05) is 6.07 Å². The van der Waals surface area contributed by atoms with E-state index in [1.54, 1.807) is 0 Å². The van der Waals surface area contributed by atoms with Gasteiger partial charge in [0.1, 0.15) is 0 Å². The highest BCUT2D eigenvalue weighted by Crippen LogP contribution is 2.32. The maximum absolute atomic E-state index is 5.75. The number of aromatic nitrogens is 1. The highest BCUT2D eigenvalue weighted by molar-refractivity contribution is 6.61. The lowest BCUT2D eigenvalue weighted by Crippen LogP contribution is -2.38. The van der Waals surface area contributed by atoms with Crippen molar-refractivity contribution in [2.24, 2.45) is 0 Å². The Morgan fingerprint density at radius 3 is 2.80 bits per heavy atom. The summed E-state index contributed by atoms with van der Waals surface area (Å²) in [5.74, 6) is 0. The van der Waals surface area contributed by atoms with Crippen LogP contribution in [0.5, 0.6) is 0 Å². The Morgan fingerprint density at radius 1 is 1.33 bits per heavy atom. The normalized spacial score (nSPS) is 33.5. The fourth-order valence-electron chi connectivity index (χ4n) is 1.95. The molecule has 0 aromatic carbocycles. The summed E-state index contributed by atoms with van der Waals surface area (Å²) in [6.07, 6.45) is 2.88. The maximum Gasteiger partial charge on any atom is 0.501 e. The molecule has 0 aliphatic carbocycles. The van der Waals surface area contributed by atoms with E-state index in [2.05, 4.69) is 4.98 Å². The maximum atomic E-state index is 5.75. The van der Waals surface area contributed by atoms with Gasteiger partial charge in [0, 0.05) is 17.9 Å². The summed E-state index contributed by atoms with van der Waals surface area (Å²) in [6, 6.07) is 6.78. The second-order valence-electron chi connectivity index (χ2n) is 3.87. The molecule has 2 aliphatic heterocycles. The molecule has 1 aromatic heterocycles. The Bertz CT molecular complexity index is 338. The Balaban J connectivity index is 1.62. The van der Waals surface area contributed by atoms with E-state index in [1.807, 2.05) is 24.4 Å². The fourth-order valence-corrected chi connectivity index (χ4v) is 4.66. The molecule has 80 valence electrons. The summed E-state index contributed by atoms with van der Waals surface area (Å²) >= 11 is 0. The van der Waals surface area contributed by atoms with Crippen LogP contribution >= 0.6 is 0 Å². The van der Waals surface area contributed by atoms with Gasteiger partial charge in [0.2, 0.25) is 0 Å². The molecule has 3 rings (SSSR count). The van der Waals surface area contributed by atoms with Crippen LogP contribution in [-0.2, 0) is 19.7 Å². The van der Waals surface area contributed by atoms with Crippen molar-refractivity contribution in [3.63, 3.8) is 0 Å². The first kappa shape index (κ1) is 9.47. The van der Waals surface area contributed by atoms with Crippen molar-refractivity contribution in [3.8, 4) is 0 Å². The number of rotatable bonds is 3. The van der Waals surface area contributed by atoms with Crippen LogP contribution in [0.1, 0.15) is 5.69 Å². The van der Waals surface area contributed by atoms with Crippen LogP contribution in [0.25, 0.3) is 0 Å². The third-order valence-electron chi connectivity index (χ3n) is 2.74. The van der Waals surface area contributed by atoms with Gasteiger partial charge in [-0.25, -0.2) is 0 Å². The van der Waals surface area contributed by atoms with Crippen molar-refractivity contribution in [2.75, 3.05) is 13.2 Å². The summed E-state index contributed by atoms with van der Waals surface area (Å²) in [4.78, 5) is 4.27. The number of hydrogen-bond acceptors (Lipinski definition) is 4. The second kappa shape index (κ2) is 3.68. The molecule has 0 radical (unpaired) electrons. The minimum Gasteiger partial charge on any atom is -0.371 e. The van der Waals surface area contributed by atoms with Crippen LogP contribution in [0.15, 0.2) is 24.4 Å². The zero-order valence-corrected chi connectivity index (χ0v) is 9.39. The first-order chi connectivity index (χ1) is 7.36. The molecular formula is C10H13NO3Si. The first-order valence-electron chi connectivity index (χ1n) is 5.22. The molecule has 2 fully saturated rings. The van der Waals surface area contributed by atoms with Gasteiger partial charge in [0.05, 0.1) is 19.3 Å². The molecule has 1 aromatic rings. The van der Waals surface area contributed by atoms with Gasteiger partial charge >= 0.3 is 8.80 Å². The lowest BCUT2D eigenvalue weighted by atomic mass is 10.3. The van der Waals surface area contributed by atoms with Crippen molar-refractivity contribution in [1.29, 1.82) is 0 Å². The summed E-state index contributed by atoms with van der Waals surface area (Å²) < 4.78 is 17.0. The van der Waals surface area contributed by atoms with E-state index in [1.165, 1.54) is 0 Å². The quantitative estimate of drug-likeness (QED) is 0.717. The molecule has 0 unspecified atom stereocenters. The highest BCUT2D eigenvalue weighted by Gasteiger charge is 2.54. The number of aryl methyl sites for hydroxylation is 1. The Hall–Kier alpha value is -0.753. The summed E-state index contributed by atoms with van der Waals surface area (Å²) in [7, 11) is -2.26. The average Bonchev–Trinajstić information content (AvgIpc) is 2.89. The van der Waals surface area contributed by atoms with Gasteiger partial charge in [-0.15, -0.1) is 0 Å². The molecule has 2 aliphatic rings. The molecule has 5 heteroatoms. The van der Waals surface area contributed by atoms with Gasteiger partial charge in [0.25, 0.3) is 0 Å². The zero-order valence-electron chi connectivity index (χ0n) is 8.39. The molecule has 3 heterocycles. The largest absolute Gasteiger partial charge is 0.501 e. The summed E-state index contributed by atoms with van der Waals surface area (Å²) in [5.41, 5.74) is 1.07. The molecule has 2 bridgehead atoms. The number of fused-ring (bicyclic) bond motifs is 2. The van der Waals surface area contributed by atoms with Crippen molar-refractivity contribution in [1.82, 2.24) is 4.98 Å². The standard InChI is InChI=1S/C10H13NO3Si/c1-2-5-11-9(3-1)4-6-15-12-7-10(14-15)8-13-15/h1-3,5,10H,4,6-8H2. The third-order valence-corrected chi connectivity index (χ3v) is 5.51. The number of pyridine rings is 1. The molecule has 0 spiro atoms. The van der Waals surface area contributed by atoms with E-state index in [4.69, 9.17) is 13.3 Å². The van der Waals surface area contributed by atoms with E-state index in [0.29, 0.717) is 13.2 Å². The molecular weight excluding hydrogens is 210 g/mol. The van der Waals surface area contributed by atoms with Crippen LogP contribution in [0.4, 0.5) is 0 Å². The van der Waals surface area contributed by atoms with E-state index in [9.17, 15) is 0 Å². The molecule has 0 atom stereocenters. The zero-order chi connectivity index (χ0) is 10.1. The number of nitrogens with zero attached hydrogens (tertiary/aromatic N) is 1. The van der Waals surface area contributed by atoms with Crippen LogP contribution in [0.2, 0.25) is 6.04 Å². The highest BCUT2D eigenvalue weighted by atomic mass is 28.4. The molecule has 0 amide bonds. The minimum atomic E-state index is -2.26. The lowest BCUT2D eigenvalue weighted by Gasteiger charge is -2.18. The van der Waals surface area contributed by atoms with Crippen LogP contribution < -0.4 is 0 Å². The van der Waals surface area contributed by atoms with Gasteiger partial charge < -0.3 is 13.3 Å². The molecule has 0 saturated carbocycles. The van der Waals surface area contributed by atoms with E-state index >= 15 is 0 Å². The minimum absolute atomic E-state index is 0.195. The summed E-state index contributed by atoms with van der Waals surface area (Å²) in [5, 5.41) is 0. The van der Waals surface area contributed by atoms with Crippen molar-refractivity contribution >= 4 is 8.80 Å².